The van der Waals surface area contributed by atoms with Gasteiger partial charge in [0.25, 0.3) is 10.0 Å². The maximum absolute atomic E-state index is 12.2. The summed E-state index contributed by atoms with van der Waals surface area (Å²) >= 11 is 1.28. The van der Waals surface area contributed by atoms with Crippen LogP contribution < -0.4 is 4.72 Å². The molecule has 0 amide bonds. The number of nitrogens with one attached hydrogen (secondary N) is 1. The van der Waals surface area contributed by atoms with Crippen LogP contribution in [0.3, 0.4) is 0 Å². The second-order valence-corrected chi connectivity index (χ2v) is 6.68. The van der Waals surface area contributed by atoms with Gasteiger partial charge in [-0.2, -0.15) is 0 Å². The summed E-state index contributed by atoms with van der Waals surface area (Å²) in [6.07, 6.45) is 0. The zero-order valence-electron chi connectivity index (χ0n) is 10.4. The molecule has 0 atom stereocenters. The summed E-state index contributed by atoms with van der Waals surface area (Å²) in [6.45, 7) is 5.54. The van der Waals surface area contributed by atoms with Crippen molar-refractivity contribution < 1.29 is 8.42 Å². The van der Waals surface area contributed by atoms with Gasteiger partial charge < -0.3 is 0 Å². The summed E-state index contributed by atoms with van der Waals surface area (Å²) in [5.74, 6) is 0. The molecule has 1 N–H and O–H groups in total. The minimum atomic E-state index is -3.55. The summed E-state index contributed by atoms with van der Waals surface area (Å²) in [5.41, 5.74) is 2.57. The first-order valence-electron chi connectivity index (χ1n) is 5.41. The number of thiazole rings is 1. The third-order valence-corrected chi connectivity index (χ3v) is 4.96. The van der Waals surface area contributed by atoms with Crippen molar-refractivity contribution in [1.82, 2.24) is 4.98 Å². The highest BCUT2D eigenvalue weighted by molar-refractivity contribution is 7.93. The van der Waals surface area contributed by atoms with Gasteiger partial charge in [0, 0.05) is 5.38 Å². The second-order valence-electron chi connectivity index (χ2n) is 4.17. The van der Waals surface area contributed by atoms with Gasteiger partial charge >= 0.3 is 0 Å². The van der Waals surface area contributed by atoms with Crippen molar-refractivity contribution >= 4 is 26.5 Å². The Bertz CT molecular complexity index is 675. The number of rotatable bonds is 3. The normalized spacial score (nSPS) is 11.5. The van der Waals surface area contributed by atoms with Crippen LogP contribution in [0.2, 0.25) is 0 Å². The van der Waals surface area contributed by atoms with Gasteiger partial charge in [-0.3, -0.25) is 4.72 Å². The van der Waals surface area contributed by atoms with Crippen LogP contribution in [0, 0.1) is 20.8 Å². The molecule has 0 aliphatic rings. The smallest absolute Gasteiger partial charge is 0.255 e. The number of aromatic nitrogens is 1. The number of sulfonamides is 1. The molecule has 0 aliphatic carbocycles. The Hall–Kier alpha value is -1.40. The second kappa shape index (κ2) is 4.70. The van der Waals surface area contributed by atoms with Crippen molar-refractivity contribution in [3.63, 3.8) is 0 Å². The lowest BCUT2D eigenvalue weighted by atomic mass is 10.2. The van der Waals surface area contributed by atoms with E-state index >= 15 is 0 Å². The van der Waals surface area contributed by atoms with E-state index in [1.165, 1.54) is 11.3 Å². The Kier molecular flexibility index (Phi) is 3.41. The summed E-state index contributed by atoms with van der Waals surface area (Å²) in [5, 5.41) is 2.20. The first-order chi connectivity index (χ1) is 8.38. The van der Waals surface area contributed by atoms with Gasteiger partial charge in [-0.15, -0.1) is 11.3 Å². The molecule has 0 radical (unpaired) electrons. The molecular formula is C12H14N2O2S2. The predicted octanol–water partition coefficient (Wildman–Crippen LogP) is 2.87. The largest absolute Gasteiger partial charge is 0.263 e. The van der Waals surface area contributed by atoms with Gasteiger partial charge in [0.1, 0.15) is 0 Å². The Morgan fingerprint density at radius 3 is 2.50 bits per heavy atom. The first-order valence-corrected chi connectivity index (χ1v) is 7.77. The molecule has 0 unspecified atom stereocenters. The summed E-state index contributed by atoms with van der Waals surface area (Å²) in [4.78, 5) is 4.39. The van der Waals surface area contributed by atoms with E-state index in [1.54, 1.807) is 24.4 Å². The highest BCUT2D eigenvalue weighted by Gasteiger charge is 2.18. The molecule has 0 aliphatic heterocycles. The molecular weight excluding hydrogens is 268 g/mol. The summed E-state index contributed by atoms with van der Waals surface area (Å²) in [7, 11) is -3.55. The fourth-order valence-electron chi connectivity index (χ4n) is 1.67. The van der Waals surface area contributed by atoms with Crippen LogP contribution in [0.1, 0.15) is 16.8 Å². The maximum Gasteiger partial charge on any atom is 0.263 e. The van der Waals surface area contributed by atoms with Crippen LogP contribution in [0.5, 0.6) is 0 Å². The molecule has 18 heavy (non-hydrogen) atoms. The third kappa shape index (κ3) is 2.70. The van der Waals surface area contributed by atoms with Gasteiger partial charge in [-0.25, -0.2) is 13.4 Å². The molecule has 2 aromatic rings. The average molecular weight is 282 g/mol. The minimum absolute atomic E-state index is 0.293. The number of nitrogens with zero attached hydrogens (tertiary/aromatic N) is 1. The van der Waals surface area contributed by atoms with Crippen LogP contribution >= 0.6 is 11.3 Å². The number of hydrogen-bond acceptors (Lipinski definition) is 4. The Labute approximate surface area is 111 Å². The van der Waals surface area contributed by atoms with Gasteiger partial charge in [0.15, 0.2) is 5.13 Å². The van der Waals surface area contributed by atoms with Crippen LogP contribution in [-0.2, 0) is 10.0 Å². The van der Waals surface area contributed by atoms with E-state index in [1.807, 2.05) is 19.9 Å². The zero-order chi connectivity index (χ0) is 13.3. The molecule has 1 heterocycles. The van der Waals surface area contributed by atoms with Crippen molar-refractivity contribution in [2.45, 2.75) is 25.7 Å². The third-order valence-electron chi connectivity index (χ3n) is 2.46. The summed E-state index contributed by atoms with van der Waals surface area (Å²) in [6, 6.07) is 5.25. The van der Waals surface area contributed by atoms with E-state index in [-0.39, 0.29) is 0 Å². The lowest BCUT2D eigenvalue weighted by molar-refractivity contribution is 0.600. The quantitative estimate of drug-likeness (QED) is 0.941. The van der Waals surface area contributed by atoms with E-state index in [9.17, 15) is 8.42 Å². The van der Waals surface area contributed by atoms with Crippen molar-refractivity contribution in [3.8, 4) is 0 Å². The van der Waals surface area contributed by atoms with E-state index in [2.05, 4.69) is 9.71 Å². The highest BCUT2D eigenvalue weighted by atomic mass is 32.2. The highest BCUT2D eigenvalue weighted by Crippen LogP contribution is 2.22. The van der Waals surface area contributed by atoms with E-state index < -0.39 is 10.0 Å². The van der Waals surface area contributed by atoms with E-state index in [4.69, 9.17) is 0 Å². The fourth-order valence-corrected chi connectivity index (χ4v) is 3.84. The number of aryl methyl sites for hydroxylation is 3. The van der Waals surface area contributed by atoms with Crippen molar-refractivity contribution in [1.29, 1.82) is 0 Å². The molecule has 0 saturated carbocycles. The monoisotopic (exact) mass is 282 g/mol. The molecule has 1 aromatic heterocycles. The van der Waals surface area contributed by atoms with Crippen LogP contribution in [0.4, 0.5) is 5.13 Å². The Morgan fingerprint density at radius 2 is 1.94 bits per heavy atom. The molecule has 0 bridgehead atoms. The molecule has 96 valence electrons. The van der Waals surface area contributed by atoms with Gasteiger partial charge in [-0.05, 0) is 32.4 Å². The zero-order valence-corrected chi connectivity index (χ0v) is 12.0. The standard InChI is InChI=1S/C12H14N2O2S2/c1-8-4-5-11(9(2)6-8)18(15,16)14-12-13-10(3)7-17-12/h4-7H,1-3H3,(H,13,14). The van der Waals surface area contributed by atoms with Crippen molar-refractivity contribution in [2.24, 2.45) is 0 Å². The predicted molar refractivity (Wildman–Crippen MR) is 73.6 cm³/mol. The van der Waals surface area contributed by atoms with Crippen LogP contribution in [0.15, 0.2) is 28.5 Å². The van der Waals surface area contributed by atoms with E-state index in [0.717, 1.165) is 16.8 Å². The molecule has 6 heteroatoms. The van der Waals surface area contributed by atoms with Gasteiger partial charge in [0.2, 0.25) is 0 Å². The molecule has 0 fully saturated rings. The maximum atomic E-state index is 12.2. The lowest BCUT2D eigenvalue weighted by Crippen LogP contribution is -2.14. The number of benzene rings is 1. The Morgan fingerprint density at radius 1 is 1.22 bits per heavy atom. The molecule has 1 aromatic carbocycles. The Balaban J connectivity index is 2.36. The SMILES string of the molecule is Cc1ccc(S(=O)(=O)Nc2nc(C)cs2)c(C)c1. The first kappa shape index (κ1) is 13.0. The fraction of sp³-hybridized carbons (Fsp3) is 0.250. The number of hydrogen-bond donors (Lipinski definition) is 1. The van der Waals surface area contributed by atoms with Gasteiger partial charge in [-0.1, -0.05) is 17.7 Å². The van der Waals surface area contributed by atoms with Crippen LogP contribution in [-0.4, -0.2) is 13.4 Å². The molecule has 0 spiro atoms. The van der Waals surface area contributed by atoms with E-state index in [0.29, 0.717) is 10.0 Å². The average Bonchev–Trinajstić information content (AvgIpc) is 2.62. The topological polar surface area (TPSA) is 59.1 Å². The lowest BCUT2D eigenvalue weighted by Gasteiger charge is -2.08. The van der Waals surface area contributed by atoms with Crippen LogP contribution in [0.25, 0.3) is 0 Å². The number of anilines is 1. The molecule has 4 nitrogen and oxygen atoms in total. The molecule has 0 saturated heterocycles. The summed E-state index contributed by atoms with van der Waals surface area (Å²) < 4.78 is 26.9. The minimum Gasteiger partial charge on any atom is -0.255 e. The van der Waals surface area contributed by atoms with Crippen molar-refractivity contribution in [2.75, 3.05) is 4.72 Å². The molecule has 2 rings (SSSR count). The van der Waals surface area contributed by atoms with Gasteiger partial charge in [0.05, 0.1) is 10.6 Å². The van der Waals surface area contributed by atoms with Crippen molar-refractivity contribution in [3.05, 3.63) is 40.4 Å².